The summed E-state index contributed by atoms with van der Waals surface area (Å²) in [7, 11) is 1.59. The second kappa shape index (κ2) is 5.05. The zero-order chi connectivity index (χ0) is 12.3. The smallest absolute Gasteiger partial charge is 0.314 e. The largest absolute Gasteiger partial charge is 0.508 e. The van der Waals surface area contributed by atoms with Crippen molar-refractivity contribution >= 4 is 27.5 Å². The van der Waals surface area contributed by atoms with Crippen LogP contribution < -0.4 is 10.6 Å². The van der Waals surface area contributed by atoms with Crippen LogP contribution in [0.15, 0.2) is 23.6 Å². The van der Waals surface area contributed by atoms with E-state index in [1.54, 1.807) is 30.5 Å². The van der Waals surface area contributed by atoms with Gasteiger partial charge in [-0.3, -0.25) is 0 Å². The molecule has 0 bridgehead atoms. The molecule has 90 valence electrons. The van der Waals surface area contributed by atoms with Gasteiger partial charge in [-0.1, -0.05) is 0 Å². The highest BCUT2D eigenvalue weighted by Crippen LogP contribution is 2.29. The zero-order valence-corrected chi connectivity index (χ0v) is 10.3. The number of aromatic hydroxyl groups is 1. The first-order chi connectivity index (χ1) is 8.20. The number of thiophene rings is 1. The van der Waals surface area contributed by atoms with Gasteiger partial charge in [0.15, 0.2) is 0 Å². The fourth-order valence-electron chi connectivity index (χ4n) is 1.66. The summed E-state index contributed by atoms with van der Waals surface area (Å²) in [6.45, 7) is 0.584. The van der Waals surface area contributed by atoms with Crippen molar-refractivity contribution in [2.24, 2.45) is 0 Å². The third kappa shape index (κ3) is 2.68. The molecular formula is C12H14N2O2S. The number of urea groups is 1. The number of hydrogen-bond acceptors (Lipinski definition) is 3. The lowest BCUT2D eigenvalue weighted by atomic mass is 10.1. The van der Waals surface area contributed by atoms with Crippen molar-refractivity contribution in [3.05, 3.63) is 29.1 Å². The number of fused-ring (bicyclic) bond motifs is 1. The number of carbonyl (C=O) groups excluding carboxylic acids is 1. The molecule has 0 unspecified atom stereocenters. The Hall–Kier alpha value is -1.75. The molecule has 0 aliphatic carbocycles. The summed E-state index contributed by atoms with van der Waals surface area (Å²) in [5, 5.41) is 17.8. The van der Waals surface area contributed by atoms with Gasteiger partial charge in [0.25, 0.3) is 0 Å². The van der Waals surface area contributed by atoms with E-state index < -0.39 is 0 Å². The van der Waals surface area contributed by atoms with Crippen molar-refractivity contribution in [3.8, 4) is 5.75 Å². The van der Waals surface area contributed by atoms with Crippen LogP contribution in [0.25, 0.3) is 10.1 Å². The number of benzene rings is 1. The van der Waals surface area contributed by atoms with E-state index in [9.17, 15) is 9.90 Å². The third-order valence-electron chi connectivity index (χ3n) is 2.54. The molecule has 0 aliphatic heterocycles. The normalized spacial score (nSPS) is 10.4. The Balaban J connectivity index is 2.08. The second-order valence-corrected chi connectivity index (χ2v) is 4.61. The SMILES string of the molecule is CNC(=O)NCCc1csc2ccc(O)cc12. The van der Waals surface area contributed by atoms with Gasteiger partial charge in [-0.15, -0.1) is 11.3 Å². The van der Waals surface area contributed by atoms with Crippen LogP contribution in [0.2, 0.25) is 0 Å². The van der Waals surface area contributed by atoms with Gasteiger partial charge in [0, 0.05) is 18.3 Å². The lowest BCUT2D eigenvalue weighted by Crippen LogP contribution is -2.33. The van der Waals surface area contributed by atoms with E-state index in [0.717, 1.165) is 22.1 Å². The highest BCUT2D eigenvalue weighted by molar-refractivity contribution is 7.17. The van der Waals surface area contributed by atoms with Crippen LogP contribution in [-0.2, 0) is 6.42 Å². The summed E-state index contributed by atoms with van der Waals surface area (Å²) < 4.78 is 1.15. The quantitative estimate of drug-likeness (QED) is 0.781. The topological polar surface area (TPSA) is 61.4 Å². The highest BCUT2D eigenvalue weighted by Gasteiger charge is 2.05. The molecule has 3 N–H and O–H groups in total. The summed E-state index contributed by atoms with van der Waals surface area (Å²) in [6.07, 6.45) is 0.761. The van der Waals surface area contributed by atoms with E-state index in [0.29, 0.717) is 6.54 Å². The molecule has 0 atom stereocenters. The average molecular weight is 250 g/mol. The molecule has 2 amide bonds. The molecule has 1 heterocycles. The first-order valence-electron chi connectivity index (χ1n) is 5.35. The maximum atomic E-state index is 11.0. The Labute approximate surface area is 103 Å². The van der Waals surface area contributed by atoms with E-state index >= 15 is 0 Å². The van der Waals surface area contributed by atoms with Crippen LogP contribution in [0.5, 0.6) is 5.75 Å². The van der Waals surface area contributed by atoms with Crippen molar-refractivity contribution in [2.45, 2.75) is 6.42 Å². The number of hydrogen-bond donors (Lipinski definition) is 3. The first kappa shape index (κ1) is 11.7. The van der Waals surface area contributed by atoms with Crippen LogP contribution in [0, 0.1) is 0 Å². The minimum atomic E-state index is -0.174. The van der Waals surface area contributed by atoms with E-state index in [1.807, 2.05) is 6.07 Å². The van der Waals surface area contributed by atoms with E-state index in [1.165, 1.54) is 0 Å². The summed E-state index contributed by atoms with van der Waals surface area (Å²) in [5.74, 6) is 0.274. The number of rotatable bonds is 3. The number of carbonyl (C=O) groups is 1. The Bertz CT molecular complexity index is 536. The van der Waals surface area contributed by atoms with Crippen LogP contribution in [0.3, 0.4) is 0 Å². The van der Waals surface area contributed by atoms with Crippen molar-refractivity contribution in [1.82, 2.24) is 10.6 Å². The van der Waals surface area contributed by atoms with Gasteiger partial charge < -0.3 is 15.7 Å². The Morgan fingerprint density at radius 1 is 1.47 bits per heavy atom. The fourth-order valence-corrected chi connectivity index (χ4v) is 2.64. The molecule has 17 heavy (non-hydrogen) atoms. The maximum absolute atomic E-state index is 11.0. The molecule has 0 radical (unpaired) electrons. The molecular weight excluding hydrogens is 236 g/mol. The summed E-state index contributed by atoms with van der Waals surface area (Å²) >= 11 is 1.65. The molecule has 1 aromatic heterocycles. The number of phenols is 1. The van der Waals surface area contributed by atoms with Crippen LogP contribution in [-0.4, -0.2) is 24.7 Å². The molecule has 0 saturated carbocycles. The van der Waals surface area contributed by atoms with Crippen LogP contribution in [0.4, 0.5) is 4.79 Å². The standard InChI is InChI=1S/C12H14N2O2S/c1-13-12(16)14-5-4-8-7-17-11-3-2-9(15)6-10(8)11/h2-3,6-7,15H,4-5H2,1H3,(H2,13,14,16). The minimum absolute atomic E-state index is 0.174. The summed E-state index contributed by atoms with van der Waals surface area (Å²) in [6, 6.07) is 5.18. The van der Waals surface area contributed by atoms with E-state index in [2.05, 4.69) is 16.0 Å². The molecule has 2 rings (SSSR count). The number of phenolic OH excluding ortho intramolecular Hbond substituents is 1. The Kier molecular flexibility index (Phi) is 3.49. The molecule has 0 saturated heterocycles. The first-order valence-corrected chi connectivity index (χ1v) is 6.23. The molecule has 0 spiro atoms. The Morgan fingerprint density at radius 3 is 3.06 bits per heavy atom. The fraction of sp³-hybridized carbons (Fsp3) is 0.250. The lowest BCUT2D eigenvalue weighted by Gasteiger charge is -2.03. The van der Waals surface area contributed by atoms with Crippen molar-refractivity contribution < 1.29 is 9.90 Å². The van der Waals surface area contributed by atoms with Crippen LogP contribution >= 0.6 is 11.3 Å². The lowest BCUT2D eigenvalue weighted by molar-refractivity contribution is 0.243. The summed E-state index contributed by atoms with van der Waals surface area (Å²) in [4.78, 5) is 11.0. The molecule has 1 aromatic carbocycles. The van der Waals surface area contributed by atoms with Gasteiger partial charge >= 0.3 is 6.03 Å². The maximum Gasteiger partial charge on any atom is 0.314 e. The van der Waals surface area contributed by atoms with Gasteiger partial charge in [0.2, 0.25) is 0 Å². The Morgan fingerprint density at radius 2 is 2.29 bits per heavy atom. The predicted molar refractivity (Wildman–Crippen MR) is 69.7 cm³/mol. The van der Waals surface area contributed by atoms with Crippen LogP contribution in [0.1, 0.15) is 5.56 Å². The molecule has 2 aromatic rings. The van der Waals surface area contributed by atoms with Gasteiger partial charge in [0.1, 0.15) is 5.75 Å². The van der Waals surface area contributed by atoms with Gasteiger partial charge in [0.05, 0.1) is 0 Å². The van der Waals surface area contributed by atoms with Crippen molar-refractivity contribution in [3.63, 3.8) is 0 Å². The van der Waals surface area contributed by atoms with E-state index in [-0.39, 0.29) is 11.8 Å². The zero-order valence-electron chi connectivity index (χ0n) is 9.49. The number of nitrogens with one attached hydrogen (secondary N) is 2. The molecule has 0 fully saturated rings. The number of amides is 2. The average Bonchev–Trinajstić information content (AvgIpc) is 2.72. The minimum Gasteiger partial charge on any atom is -0.508 e. The van der Waals surface area contributed by atoms with Crippen molar-refractivity contribution in [1.29, 1.82) is 0 Å². The predicted octanol–water partition coefficient (Wildman–Crippen LogP) is 2.08. The highest BCUT2D eigenvalue weighted by atomic mass is 32.1. The molecule has 4 nitrogen and oxygen atoms in total. The third-order valence-corrected chi connectivity index (χ3v) is 3.56. The molecule has 5 heteroatoms. The van der Waals surface area contributed by atoms with Crippen molar-refractivity contribution in [2.75, 3.05) is 13.6 Å². The monoisotopic (exact) mass is 250 g/mol. The second-order valence-electron chi connectivity index (χ2n) is 3.70. The van der Waals surface area contributed by atoms with Gasteiger partial charge in [-0.25, -0.2) is 4.79 Å². The molecule has 0 aliphatic rings. The van der Waals surface area contributed by atoms with Gasteiger partial charge in [-0.05, 0) is 40.9 Å². The van der Waals surface area contributed by atoms with Gasteiger partial charge in [-0.2, -0.15) is 0 Å². The van der Waals surface area contributed by atoms with E-state index in [4.69, 9.17) is 0 Å². The summed E-state index contributed by atoms with van der Waals surface area (Å²) in [5.41, 5.74) is 1.15.